The molecule has 0 saturated carbocycles. The number of aliphatic imine (C=N–C) groups is 1. The first-order valence-corrected chi connectivity index (χ1v) is 9.44. The summed E-state index contributed by atoms with van der Waals surface area (Å²) in [6.45, 7) is 7.72. The standard InChI is InChI=1S/C18H29ClN4O2/c1-2-20-18(22-9-6-15-4-5-17(19)23-12-15)21-8-3-10-24-13-16-7-11-25-14-16/h4-5,12,16H,2-3,6-11,13-14H2,1H3,(H2,20,21,22). The summed E-state index contributed by atoms with van der Waals surface area (Å²) in [6.07, 6.45) is 4.73. The van der Waals surface area contributed by atoms with E-state index in [1.54, 1.807) is 6.20 Å². The Kier molecular flexibility index (Phi) is 9.62. The summed E-state index contributed by atoms with van der Waals surface area (Å²) >= 11 is 5.80. The molecular formula is C18H29ClN4O2. The van der Waals surface area contributed by atoms with Gasteiger partial charge in [0.1, 0.15) is 5.15 Å². The molecule has 25 heavy (non-hydrogen) atoms. The fourth-order valence-electron chi connectivity index (χ4n) is 2.54. The van der Waals surface area contributed by atoms with Gasteiger partial charge in [-0.25, -0.2) is 4.98 Å². The van der Waals surface area contributed by atoms with Gasteiger partial charge in [0.2, 0.25) is 0 Å². The number of ether oxygens (including phenoxy) is 2. The van der Waals surface area contributed by atoms with Gasteiger partial charge in [0, 0.05) is 45.0 Å². The summed E-state index contributed by atoms with van der Waals surface area (Å²) in [7, 11) is 0. The Morgan fingerprint density at radius 2 is 2.36 bits per heavy atom. The van der Waals surface area contributed by atoms with Gasteiger partial charge >= 0.3 is 0 Å². The second kappa shape index (κ2) is 12.1. The summed E-state index contributed by atoms with van der Waals surface area (Å²) in [4.78, 5) is 8.67. The number of nitrogens with zero attached hydrogens (tertiary/aromatic N) is 2. The monoisotopic (exact) mass is 368 g/mol. The zero-order valence-electron chi connectivity index (χ0n) is 15.0. The SMILES string of the molecule is CCNC(=NCCCOCC1CCOC1)NCCc1ccc(Cl)nc1. The molecular weight excluding hydrogens is 340 g/mol. The van der Waals surface area contributed by atoms with Crippen LogP contribution in [0.3, 0.4) is 0 Å². The van der Waals surface area contributed by atoms with Crippen molar-refractivity contribution in [2.45, 2.75) is 26.2 Å². The van der Waals surface area contributed by atoms with Crippen LogP contribution in [0.5, 0.6) is 0 Å². The minimum Gasteiger partial charge on any atom is -0.381 e. The highest BCUT2D eigenvalue weighted by molar-refractivity contribution is 6.29. The van der Waals surface area contributed by atoms with Crippen molar-refractivity contribution in [1.29, 1.82) is 0 Å². The molecule has 140 valence electrons. The normalized spacial score (nSPS) is 17.7. The van der Waals surface area contributed by atoms with Crippen LogP contribution in [0.4, 0.5) is 0 Å². The number of rotatable bonds is 10. The molecule has 2 N–H and O–H groups in total. The van der Waals surface area contributed by atoms with Crippen molar-refractivity contribution in [1.82, 2.24) is 15.6 Å². The number of hydrogen-bond acceptors (Lipinski definition) is 4. The smallest absolute Gasteiger partial charge is 0.191 e. The van der Waals surface area contributed by atoms with Crippen LogP contribution in [-0.2, 0) is 15.9 Å². The van der Waals surface area contributed by atoms with Gasteiger partial charge in [-0.15, -0.1) is 0 Å². The van der Waals surface area contributed by atoms with E-state index in [2.05, 4.69) is 27.5 Å². The summed E-state index contributed by atoms with van der Waals surface area (Å²) in [5.74, 6) is 1.42. The van der Waals surface area contributed by atoms with Gasteiger partial charge in [-0.2, -0.15) is 0 Å². The Balaban J connectivity index is 1.59. The predicted octanol–water partition coefficient (Wildman–Crippen LogP) is 2.28. The van der Waals surface area contributed by atoms with E-state index in [-0.39, 0.29) is 0 Å². The molecule has 0 aliphatic carbocycles. The van der Waals surface area contributed by atoms with Crippen molar-refractivity contribution in [2.24, 2.45) is 10.9 Å². The van der Waals surface area contributed by atoms with Crippen LogP contribution in [0.15, 0.2) is 23.3 Å². The third kappa shape index (κ3) is 8.52. The molecule has 6 nitrogen and oxygen atoms in total. The fourth-order valence-corrected chi connectivity index (χ4v) is 2.66. The summed E-state index contributed by atoms with van der Waals surface area (Å²) < 4.78 is 11.0. The van der Waals surface area contributed by atoms with E-state index in [0.29, 0.717) is 11.1 Å². The van der Waals surface area contributed by atoms with Gasteiger partial charge < -0.3 is 20.1 Å². The van der Waals surface area contributed by atoms with Gasteiger partial charge in [0.25, 0.3) is 0 Å². The van der Waals surface area contributed by atoms with E-state index >= 15 is 0 Å². The van der Waals surface area contributed by atoms with Gasteiger partial charge in [0.15, 0.2) is 5.96 Å². The maximum Gasteiger partial charge on any atom is 0.191 e. The van der Waals surface area contributed by atoms with E-state index in [1.807, 2.05) is 12.1 Å². The molecule has 1 saturated heterocycles. The Bertz CT molecular complexity index is 504. The van der Waals surface area contributed by atoms with E-state index in [1.165, 1.54) is 0 Å². The van der Waals surface area contributed by atoms with E-state index < -0.39 is 0 Å². The maximum atomic E-state index is 5.80. The number of guanidine groups is 1. The Morgan fingerprint density at radius 3 is 3.08 bits per heavy atom. The van der Waals surface area contributed by atoms with Crippen LogP contribution in [0.25, 0.3) is 0 Å². The minimum absolute atomic E-state index is 0.522. The average molecular weight is 369 g/mol. The molecule has 1 fully saturated rings. The molecule has 1 aliphatic rings. The lowest BCUT2D eigenvalue weighted by molar-refractivity contribution is 0.0893. The first kappa shape index (κ1) is 19.9. The Labute approximate surface area is 155 Å². The van der Waals surface area contributed by atoms with Crippen molar-refractivity contribution < 1.29 is 9.47 Å². The number of nitrogens with one attached hydrogen (secondary N) is 2. The lowest BCUT2D eigenvalue weighted by Gasteiger charge is -2.11. The quantitative estimate of drug-likeness (QED) is 0.287. The molecule has 1 aromatic heterocycles. The van der Waals surface area contributed by atoms with Crippen LogP contribution in [0.1, 0.15) is 25.3 Å². The first-order chi connectivity index (χ1) is 12.3. The number of aromatic nitrogens is 1. The van der Waals surface area contributed by atoms with Crippen molar-refractivity contribution in [3.63, 3.8) is 0 Å². The van der Waals surface area contributed by atoms with Crippen molar-refractivity contribution in [3.8, 4) is 0 Å². The van der Waals surface area contributed by atoms with E-state index in [0.717, 1.165) is 76.8 Å². The number of hydrogen-bond donors (Lipinski definition) is 2. The third-order valence-electron chi connectivity index (χ3n) is 3.93. The second-order valence-corrected chi connectivity index (χ2v) is 6.47. The molecule has 0 amide bonds. The summed E-state index contributed by atoms with van der Waals surface area (Å²) in [6, 6.07) is 3.81. The highest BCUT2D eigenvalue weighted by Gasteiger charge is 2.15. The topological polar surface area (TPSA) is 67.8 Å². The lowest BCUT2D eigenvalue weighted by Crippen LogP contribution is -2.38. The molecule has 0 radical (unpaired) electrons. The Hall–Kier alpha value is -1.37. The van der Waals surface area contributed by atoms with Gasteiger partial charge in [-0.1, -0.05) is 17.7 Å². The van der Waals surface area contributed by atoms with Crippen molar-refractivity contribution in [2.75, 3.05) is 46.1 Å². The average Bonchev–Trinajstić information content (AvgIpc) is 3.13. The molecule has 1 aromatic rings. The molecule has 0 aromatic carbocycles. The Morgan fingerprint density at radius 1 is 1.44 bits per heavy atom. The van der Waals surface area contributed by atoms with E-state index in [9.17, 15) is 0 Å². The number of halogens is 1. The summed E-state index contributed by atoms with van der Waals surface area (Å²) in [5, 5.41) is 7.12. The highest BCUT2D eigenvalue weighted by atomic mass is 35.5. The van der Waals surface area contributed by atoms with Crippen molar-refractivity contribution >= 4 is 17.6 Å². The minimum atomic E-state index is 0.522. The predicted molar refractivity (Wildman–Crippen MR) is 101 cm³/mol. The third-order valence-corrected chi connectivity index (χ3v) is 4.16. The molecule has 2 heterocycles. The molecule has 1 atom stereocenters. The molecule has 1 unspecified atom stereocenters. The number of pyridine rings is 1. The van der Waals surface area contributed by atoms with Gasteiger partial charge in [0.05, 0.1) is 13.2 Å². The van der Waals surface area contributed by atoms with Gasteiger partial charge in [-0.05, 0) is 37.8 Å². The van der Waals surface area contributed by atoms with Crippen LogP contribution in [0, 0.1) is 5.92 Å². The molecule has 0 spiro atoms. The van der Waals surface area contributed by atoms with Crippen LogP contribution in [0.2, 0.25) is 5.15 Å². The molecule has 0 bridgehead atoms. The molecule has 7 heteroatoms. The first-order valence-electron chi connectivity index (χ1n) is 9.06. The van der Waals surface area contributed by atoms with Crippen LogP contribution in [-0.4, -0.2) is 57.0 Å². The largest absolute Gasteiger partial charge is 0.381 e. The highest BCUT2D eigenvalue weighted by Crippen LogP contribution is 2.12. The van der Waals surface area contributed by atoms with Gasteiger partial charge in [-0.3, -0.25) is 4.99 Å². The zero-order valence-corrected chi connectivity index (χ0v) is 15.7. The fraction of sp³-hybridized carbons (Fsp3) is 0.667. The summed E-state index contributed by atoms with van der Waals surface area (Å²) in [5.41, 5.74) is 1.15. The van der Waals surface area contributed by atoms with Crippen LogP contribution >= 0.6 is 11.6 Å². The van der Waals surface area contributed by atoms with E-state index in [4.69, 9.17) is 21.1 Å². The van der Waals surface area contributed by atoms with Crippen molar-refractivity contribution in [3.05, 3.63) is 29.0 Å². The second-order valence-electron chi connectivity index (χ2n) is 6.08. The molecule has 2 rings (SSSR count). The lowest BCUT2D eigenvalue weighted by atomic mass is 10.1. The molecule has 1 aliphatic heterocycles. The van der Waals surface area contributed by atoms with Crippen LogP contribution < -0.4 is 10.6 Å². The maximum absolute atomic E-state index is 5.80. The zero-order chi connectivity index (χ0) is 17.7.